The molecule has 0 radical (unpaired) electrons. The zero-order valence-corrected chi connectivity index (χ0v) is 35.9. The lowest BCUT2D eigenvalue weighted by Crippen LogP contribution is -2.53. The number of nitrogens with one attached hydrogen (secondary N) is 5. The highest BCUT2D eigenvalue weighted by atomic mass is 16.6. The average Bonchev–Trinajstić information content (AvgIpc) is 3.16. The highest BCUT2D eigenvalue weighted by Crippen LogP contribution is 2.18. The molecule has 0 heterocycles. The van der Waals surface area contributed by atoms with Crippen molar-refractivity contribution in [2.24, 2.45) is 0 Å². The second-order valence-corrected chi connectivity index (χ2v) is 14.8. The number of amides is 5. The van der Waals surface area contributed by atoms with Gasteiger partial charge in [-0.15, -0.1) is 0 Å². The summed E-state index contributed by atoms with van der Waals surface area (Å²) in [5.41, 5.74) is 1.59. The van der Waals surface area contributed by atoms with Crippen molar-refractivity contribution in [3.63, 3.8) is 0 Å². The fraction of sp³-hybridized carbons (Fsp3) is 0.591. The van der Waals surface area contributed by atoms with E-state index in [1.54, 1.807) is 51.1 Å². The molecule has 6 N–H and O–H groups in total. The first kappa shape index (κ1) is 52.2. The lowest BCUT2D eigenvalue weighted by Gasteiger charge is -2.25. The monoisotopic (exact) mass is 798 g/mol. The van der Waals surface area contributed by atoms with Crippen LogP contribution in [-0.2, 0) is 46.3 Å². The Kier molecular flexibility index (Phi) is 27.8. The maximum absolute atomic E-state index is 13.3. The molecule has 13 heteroatoms. The van der Waals surface area contributed by atoms with Crippen LogP contribution >= 0.6 is 0 Å². The van der Waals surface area contributed by atoms with Crippen LogP contribution in [0.2, 0.25) is 0 Å². The van der Waals surface area contributed by atoms with Gasteiger partial charge in [0, 0.05) is 12.8 Å². The van der Waals surface area contributed by atoms with E-state index in [4.69, 9.17) is 4.74 Å². The molecule has 2 aromatic carbocycles. The minimum atomic E-state index is -1.73. The number of hydrogen-bond donors (Lipinski definition) is 6. The van der Waals surface area contributed by atoms with Crippen LogP contribution in [0.1, 0.15) is 136 Å². The van der Waals surface area contributed by atoms with Gasteiger partial charge < -0.3 is 36.4 Å². The number of hydrogen-bond acceptors (Lipinski definition) is 8. The fourth-order valence-electron chi connectivity index (χ4n) is 4.98. The third-order valence-corrected chi connectivity index (χ3v) is 7.63. The molecule has 0 bridgehead atoms. The molecule has 5 amide bonds. The Balaban J connectivity index is 0.00000489. The summed E-state index contributed by atoms with van der Waals surface area (Å²) < 4.78 is 5.45. The number of aliphatic hydroxyl groups is 1. The number of esters is 1. The number of benzene rings is 2. The molecule has 0 saturated carbocycles. The number of aryl methyl sites for hydroxylation is 1. The van der Waals surface area contributed by atoms with E-state index in [9.17, 15) is 33.9 Å². The van der Waals surface area contributed by atoms with Crippen molar-refractivity contribution in [1.29, 1.82) is 0 Å². The third kappa shape index (κ3) is 25.2. The fourth-order valence-corrected chi connectivity index (χ4v) is 4.98. The Morgan fingerprint density at radius 2 is 1.25 bits per heavy atom. The molecular formula is C44H71N5O8. The molecule has 3 atom stereocenters. The Morgan fingerprint density at radius 1 is 0.667 bits per heavy atom. The van der Waals surface area contributed by atoms with Crippen molar-refractivity contribution in [2.45, 2.75) is 150 Å². The second-order valence-electron chi connectivity index (χ2n) is 14.8. The largest absolute Gasteiger partial charge is 0.458 e. The number of ether oxygens (including phenoxy) is 1. The molecule has 320 valence electrons. The summed E-state index contributed by atoms with van der Waals surface area (Å²) in [7, 11) is 0. The SMILES string of the molecule is CCC.CCC.CCCCCc1cccc(C[C@H](NC(=O)CNC(=O)CCCC)C(=O)NCC(O)C(=O)NCC(=O)NC(C(=O)OC(C)(C)C)c2ccccc2)c1. The van der Waals surface area contributed by atoms with E-state index >= 15 is 0 Å². The molecule has 2 rings (SSSR count). The third-order valence-electron chi connectivity index (χ3n) is 7.63. The maximum Gasteiger partial charge on any atom is 0.333 e. The Hall–Kier alpha value is -4.78. The van der Waals surface area contributed by atoms with Crippen molar-refractivity contribution in [2.75, 3.05) is 19.6 Å². The van der Waals surface area contributed by atoms with Gasteiger partial charge in [-0.2, -0.15) is 0 Å². The quantitative estimate of drug-likeness (QED) is 0.0717. The smallest absolute Gasteiger partial charge is 0.333 e. The van der Waals surface area contributed by atoms with Gasteiger partial charge in [-0.05, 0) is 56.7 Å². The van der Waals surface area contributed by atoms with Gasteiger partial charge in [-0.1, -0.05) is 128 Å². The molecule has 0 saturated heterocycles. The van der Waals surface area contributed by atoms with Crippen LogP contribution in [-0.4, -0.2) is 78.0 Å². The first-order valence-electron chi connectivity index (χ1n) is 20.5. The summed E-state index contributed by atoms with van der Waals surface area (Å²) in [6.45, 7) is 16.3. The summed E-state index contributed by atoms with van der Waals surface area (Å²) >= 11 is 0. The van der Waals surface area contributed by atoms with Gasteiger partial charge >= 0.3 is 5.97 Å². The van der Waals surface area contributed by atoms with Gasteiger partial charge in [-0.3, -0.25) is 24.0 Å². The number of unbranched alkanes of at least 4 members (excludes halogenated alkanes) is 3. The van der Waals surface area contributed by atoms with E-state index in [-0.39, 0.29) is 25.3 Å². The standard InChI is InChI=1S/C38H55N5O8.2C3H8/c1-6-8-11-15-26-16-14-17-27(21-26)22-29(42-32(46)24-39-31(45)20-9-7-2)35(48)40-23-30(44)36(49)41-25-33(47)43-34(28-18-12-10-13-19-28)37(50)51-38(3,4)5;2*1-3-2/h10,12-14,16-19,21,29-30,34,44H,6-9,11,15,20,22-25H2,1-5H3,(H,39,45)(H,40,48)(H,41,49)(H,42,46)(H,43,47);2*3H2,1-2H3/t29-,30?,34?;;/m0../s1. The second kappa shape index (κ2) is 30.4. The average molecular weight is 798 g/mol. The van der Waals surface area contributed by atoms with Crippen LogP contribution in [0, 0.1) is 0 Å². The minimum absolute atomic E-state index is 0.131. The summed E-state index contributed by atoms with van der Waals surface area (Å²) in [6, 6.07) is 14.0. The van der Waals surface area contributed by atoms with Crippen LogP contribution < -0.4 is 26.6 Å². The summed E-state index contributed by atoms with van der Waals surface area (Å²) in [5, 5.41) is 23.1. The molecule has 2 unspecified atom stereocenters. The normalized spacial score (nSPS) is 12.1. The van der Waals surface area contributed by atoms with E-state index in [1.807, 2.05) is 31.2 Å². The minimum Gasteiger partial charge on any atom is -0.458 e. The Morgan fingerprint density at radius 3 is 1.84 bits per heavy atom. The van der Waals surface area contributed by atoms with Gasteiger partial charge in [0.2, 0.25) is 23.6 Å². The predicted octanol–water partition coefficient (Wildman–Crippen LogP) is 5.38. The molecule has 0 fully saturated rings. The van der Waals surface area contributed by atoms with E-state index in [1.165, 1.54) is 12.8 Å². The molecule has 0 aliphatic heterocycles. The van der Waals surface area contributed by atoms with Gasteiger partial charge in [0.1, 0.15) is 17.7 Å². The van der Waals surface area contributed by atoms with E-state index < -0.39 is 66.5 Å². The van der Waals surface area contributed by atoms with Crippen molar-refractivity contribution in [3.8, 4) is 0 Å². The Labute approximate surface area is 341 Å². The molecule has 0 spiro atoms. The van der Waals surface area contributed by atoms with Gasteiger partial charge in [0.25, 0.3) is 5.91 Å². The van der Waals surface area contributed by atoms with Crippen molar-refractivity contribution in [1.82, 2.24) is 26.6 Å². The van der Waals surface area contributed by atoms with Crippen LogP contribution in [0.4, 0.5) is 0 Å². The van der Waals surface area contributed by atoms with Crippen molar-refractivity contribution < 1.29 is 38.6 Å². The first-order valence-corrected chi connectivity index (χ1v) is 20.5. The number of carbonyl (C=O) groups excluding carboxylic acids is 6. The highest BCUT2D eigenvalue weighted by molar-refractivity contribution is 5.92. The van der Waals surface area contributed by atoms with Crippen LogP contribution in [0.5, 0.6) is 0 Å². The zero-order valence-electron chi connectivity index (χ0n) is 35.9. The molecule has 2 aromatic rings. The van der Waals surface area contributed by atoms with Gasteiger partial charge in [0.15, 0.2) is 6.04 Å². The van der Waals surface area contributed by atoms with Gasteiger partial charge in [0.05, 0.1) is 19.6 Å². The number of carbonyl (C=O) groups is 6. The van der Waals surface area contributed by atoms with E-state index in [0.717, 1.165) is 43.2 Å². The summed E-state index contributed by atoms with van der Waals surface area (Å²) in [5.74, 6) is -3.81. The lowest BCUT2D eigenvalue weighted by molar-refractivity contribution is -0.158. The van der Waals surface area contributed by atoms with Crippen molar-refractivity contribution >= 4 is 35.5 Å². The predicted molar refractivity (Wildman–Crippen MR) is 225 cm³/mol. The van der Waals surface area contributed by atoms with Crippen LogP contribution in [0.3, 0.4) is 0 Å². The number of aliphatic hydroxyl groups excluding tert-OH is 1. The van der Waals surface area contributed by atoms with Gasteiger partial charge in [-0.25, -0.2) is 4.79 Å². The molecule has 0 aliphatic carbocycles. The first-order chi connectivity index (χ1) is 27.0. The Bertz CT molecular complexity index is 1480. The van der Waals surface area contributed by atoms with Crippen LogP contribution in [0.15, 0.2) is 54.6 Å². The lowest BCUT2D eigenvalue weighted by atomic mass is 10.00. The summed E-state index contributed by atoms with van der Waals surface area (Å²) in [6.07, 6.45) is 6.79. The highest BCUT2D eigenvalue weighted by Gasteiger charge is 2.29. The number of rotatable bonds is 21. The summed E-state index contributed by atoms with van der Waals surface area (Å²) in [4.78, 5) is 76.3. The van der Waals surface area contributed by atoms with E-state index in [2.05, 4.69) is 61.2 Å². The zero-order chi connectivity index (χ0) is 43.2. The maximum atomic E-state index is 13.3. The molecular weight excluding hydrogens is 727 g/mol. The van der Waals surface area contributed by atoms with E-state index in [0.29, 0.717) is 12.0 Å². The molecule has 13 nitrogen and oxygen atoms in total. The molecule has 0 aliphatic rings. The van der Waals surface area contributed by atoms with Crippen LogP contribution in [0.25, 0.3) is 0 Å². The molecule has 0 aromatic heterocycles. The topological polar surface area (TPSA) is 192 Å². The van der Waals surface area contributed by atoms with Crippen molar-refractivity contribution in [3.05, 3.63) is 71.3 Å². The molecule has 57 heavy (non-hydrogen) atoms.